The van der Waals surface area contributed by atoms with Gasteiger partial charge in [-0.15, -0.1) is 0 Å². The molecule has 2 atom stereocenters. The summed E-state index contributed by atoms with van der Waals surface area (Å²) < 4.78 is 5.62. The van der Waals surface area contributed by atoms with Gasteiger partial charge in [0.25, 0.3) is 0 Å². The highest BCUT2D eigenvalue weighted by atomic mass is 16.5. The summed E-state index contributed by atoms with van der Waals surface area (Å²) in [6.07, 6.45) is 4.10. The van der Waals surface area contributed by atoms with Crippen molar-refractivity contribution >= 4 is 5.78 Å². The van der Waals surface area contributed by atoms with Crippen molar-refractivity contribution < 1.29 is 9.53 Å². The molecule has 1 heterocycles. The molecule has 3 heteroatoms. The number of ether oxygens (including phenoxy) is 1. The minimum absolute atomic E-state index is 0.388. The molecule has 2 rings (SSSR count). The molecule has 0 aromatic carbocycles. The van der Waals surface area contributed by atoms with E-state index in [1.54, 1.807) is 0 Å². The van der Waals surface area contributed by atoms with Crippen LogP contribution in [0.1, 0.15) is 32.6 Å². The number of hydrogen-bond donors (Lipinski definition) is 0. The Morgan fingerprint density at radius 1 is 1.57 bits per heavy atom. The molecule has 0 amide bonds. The minimum atomic E-state index is 0.388. The zero-order chi connectivity index (χ0) is 9.97. The molecule has 1 aliphatic heterocycles. The van der Waals surface area contributed by atoms with Crippen LogP contribution in [0.15, 0.2) is 0 Å². The highest BCUT2D eigenvalue weighted by Crippen LogP contribution is 2.23. The molecule has 3 nitrogen and oxygen atoms in total. The first-order chi connectivity index (χ1) is 6.79. The maximum atomic E-state index is 11.2. The van der Waals surface area contributed by atoms with Gasteiger partial charge in [0.1, 0.15) is 5.78 Å². The summed E-state index contributed by atoms with van der Waals surface area (Å²) in [5, 5.41) is 0. The smallest absolute Gasteiger partial charge is 0.134 e. The quantitative estimate of drug-likeness (QED) is 0.666. The molecule has 2 aliphatic rings. The van der Waals surface area contributed by atoms with Gasteiger partial charge in [-0.3, -0.25) is 9.69 Å². The number of morpholine rings is 1. The van der Waals surface area contributed by atoms with E-state index in [1.165, 1.54) is 0 Å². The summed E-state index contributed by atoms with van der Waals surface area (Å²) in [6, 6.07) is 0.514. The van der Waals surface area contributed by atoms with Crippen molar-refractivity contribution in [2.45, 2.75) is 44.8 Å². The van der Waals surface area contributed by atoms with E-state index < -0.39 is 0 Å². The van der Waals surface area contributed by atoms with Crippen LogP contribution in [0.5, 0.6) is 0 Å². The van der Waals surface area contributed by atoms with Crippen molar-refractivity contribution in [1.82, 2.24) is 4.90 Å². The third kappa shape index (κ3) is 2.15. The minimum Gasteiger partial charge on any atom is -0.376 e. The number of rotatable bonds is 2. The first-order valence-electron chi connectivity index (χ1n) is 5.67. The second-order valence-corrected chi connectivity index (χ2v) is 4.33. The molecule has 14 heavy (non-hydrogen) atoms. The summed E-state index contributed by atoms with van der Waals surface area (Å²) in [5.41, 5.74) is 0. The van der Waals surface area contributed by atoms with Crippen LogP contribution in [0.4, 0.5) is 0 Å². The molecule has 0 radical (unpaired) electrons. The summed E-state index contributed by atoms with van der Waals surface area (Å²) in [7, 11) is 0. The first kappa shape index (κ1) is 10.1. The van der Waals surface area contributed by atoms with Crippen molar-refractivity contribution in [3.8, 4) is 0 Å². The van der Waals surface area contributed by atoms with E-state index in [1.807, 2.05) is 0 Å². The Balaban J connectivity index is 1.87. The molecule has 0 spiro atoms. The van der Waals surface area contributed by atoms with Gasteiger partial charge in [-0.1, -0.05) is 6.92 Å². The molecule has 0 aromatic heterocycles. The van der Waals surface area contributed by atoms with Crippen molar-refractivity contribution in [3.05, 3.63) is 0 Å². The molecule has 0 aromatic rings. The van der Waals surface area contributed by atoms with E-state index >= 15 is 0 Å². The lowest BCUT2D eigenvalue weighted by Gasteiger charge is -2.36. The summed E-state index contributed by atoms with van der Waals surface area (Å²) in [4.78, 5) is 13.6. The van der Waals surface area contributed by atoms with Crippen LogP contribution in [0.3, 0.4) is 0 Å². The highest BCUT2D eigenvalue weighted by molar-refractivity contribution is 5.81. The van der Waals surface area contributed by atoms with Crippen molar-refractivity contribution in [1.29, 1.82) is 0 Å². The van der Waals surface area contributed by atoms with Crippen molar-refractivity contribution in [2.75, 3.05) is 19.7 Å². The standard InChI is InChI=1S/C11H19NO2/c1-2-11-8-12(5-6-14-11)9-3-4-10(13)7-9/h9,11H,2-8H2,1H3. The number of nitrogens with zero attached hydrogens (tertiary/aromatic N) is 1. The second-order valence-electron chi connectivity index (χ2n) is 4.33. The SMILES string of the molecule is CCC1CN(C2CCC(=O)C2)CCO1. The average molecular weight is 197 g/mol. The van der Waals surface area contributed by atoms with Crippen molar-refractivity contribution in [3.63, 3.8) is 0 Å². The zero-order valence-electron chi connectivity index (χ0n) is 8.87. The number of hydrogen-bond acceptors (Lipinski definition) is 3. The maximum Gasteiger partial charge on any atom is 0.134 e. The van der Waals surface area contributed by atoms with Gasteiger partial charge in [0.05, 0.1) is 12.7 Å². The Morgan fingerprint density at radius 3 is 3.07 bits per heavy atom. The topological polar surface area (TPSA) is 29.5 Å². The van der Waals surface area contributed by atoms with Crippen LogP contribution in [0.25, 0.3) is 0 Å². The number of Topliss-reactive ketones (excluding diaryl/α,β-unsaturated/α-hetero) is 1. The summed E-state index contributed by atoms with van der Waals surface area (Å²) in [5.74, 6) is 0.439. The molecule has 0 N–H and O–H groups in total. The lowest BCUT2D eigenvalue weighted by atomic mass is 10.1. The van der Waals surface area contributed by atoms with Crippen LogP contribution in [0.2, 0.25) is 0 Å². The Labute approximate surface area is 85.4 Å². The van der Waals surface area contributed by atoms with Gasteiger partial charge in [0, 0.05) is 32.0 Å². The van der Waals surface area contributed by atoms with Gasteiger partial charge in [-0.05, 0) is 12.8 Å². The van der Waals surface area contributed by atoms with E-state index in [9.17, 15) is 4.79 Å². The maximum absolute atomic E-state index is 11.2. The Bertz CT molecular complexity index is 217. The zero-order valence-corrected chi connectivity index (χ0v) is 8.87. The third-order valence-corrected chi connectivity index (χ3v) is 3.36. The van der Waals surface area contributed by atoms with Crippen LogP contribution < -0.4 is 0 Å². The molecule has 0 bridgehead atoms. The van der Waals surface area contributed by atoms with Crippen LogP contribution in [-0.2, 0) is 9.53 Å². The largest absolute Gasteiger partial charge is 0.376 e. The number of carbonyl (C=O) groups excluding carboxylic acids is 1. The van der Waals surface area contributed by atoms with Gasteiger partial charge in [0.15, 0.2) is 0 Å². The molecule has 80 valence electrons. The number of ketones is 1. The van der Waals surface area contributed by atoms with Gasteiger partial charge >= 0.3 is 0 Å². The summed E-state index contributed by atoms with van der Waals surface area (Å²) in [6.45, 7) is 5.03. The Hall–Kier alpha value is -0.410. The summed E-state index contributed by atoms with van der Waals surface area (Å²) >= 11 is 0. The molecule has 1 saturated carbocycles. The number of carbonyl (C=O) groups is 1. The third-order valence-electron chi connectivity index (χ3n) is 3.36. The van der Waals surface area contributed by atoms with Crippen LogP contribution >= 0.6 is 0 Å². The van der Waals surface area contributed by atoms with Crippen LogP contribution in [-0.4, -0.2) is 42.5 Å². The monoisotopic (exact) mass is 197 g/mol. The lowest BCUT2D eigenvalue weighted by Crippen LogP contribution is -2.46. The lowest BCUT2D eigenvalue weighted by molar-refractivity contribution is -0.118. The highest BCUT2D eigenvalue weighted by Gasteiger charge is 2.30. The van der Waals surface area contributed by atoms with E-state index in [0.29, 0.717) is 17.9 Å². The second kappa shape index (κ2) is 4.41. The fourth-order valence-electron chi connectivity index (χ4n) is 2.43. The van der Waals surface area contributed by atoms with E-state index in [-0.39, 0.29) is 0 Å². The van der Waals surface area contributed by atoms with Gasteiger partial charge < -0.3 is 4.74 Å². The van der Waals surface area contributed by atoms with Gasteiger partial charge in [0.2, 0.25) is 0 Å². The predicted octanol–water partition coefficient (Wildman–Crippen LogP) is 1.22. The predicted molar refractivity (Wildman–Crippen MR) is 54.3 cm³/mol. The average Bonchev–Trinajstić information content (AvgIpc) is 2.65. The van der Waals surface area contributed by atoms with E-state index in [2.05, 4.69) is 11.8 Å². The Kier molecular flexibility index (Phi) is 3.19. The van der Waals surface area contributed by atoms with Crippen molar-refractivity contribution in [2.24, 2.45) is 0 Å². The molecule has 1 aliphatic carbocycles. The molecule has 1 saturated heterocycles. The van der Waals surface area contributed by atoms with E-state index in [4.69, 9.17) is 4.74 Å². The fourth-order valence-corrected chi connectivity index (χ4v) is 2.43. The first-order valence-corrected chi connectivity index (χ1v) is 5.67. The van der Waals surface area contributed by atoms with E-state index in [0.717, 1.165) is 45.4 Å². The molecule has 2 fully saturated rings. The van der Waals surface area contributed by atoms with Gasteiger partial charge in [-0.2, -0.15) is 0 Å². The Morgan fingerprint density at radius 2 is 2.43 bits per heavy atom. The molecule has 2 unspecified atom stereocenters. The molecular weight excluding hydrogens is 178 g/mol. The molecular formula is C11H19NO2. The van der Waals surface area contributed by atoms with Crippen LogP contribution in [0, 0.1) is 0 Å². The normalized spacial score (nSPS) is 35.1. The fraction of sp³-hybridized carbons (Fsp3) is 0.909. The van der Waals surface area contributed by atoms with Gasteiger partial charge in [-0.25, -0.2) is 0 Å².